The molecule has 3 N–H and O–H groups in total. The molecule has 0 saturated carbocycles. The zero-order valence-electron chi connectivity index (χ0n) is 12.2. The summed E-state index contributed by atoms with van der Waals surface area (Å²) in [5.41, 5.74) is 0.148. The van der Waals surface area contributed by atoms with Gasteiger partial charge in [-0.3, -0.25) is 14.6 Å². The molecule has 2 rings (SSSR count). The van der Waals surface area contributed by atoms with E-state index in [2.05, 4.69) is 15.6 Å². The van der Waals surface area contributed by atoms with Crippen molar-refractivity contribution < 1.29 is 23.5 Å². The fraction of sp³-hybridized carbons (Fsp3) is 0.357. The summed E-state index contributed by atoms with van der Waals surface area (Å²) in [7, 11) is 0. The van der Waals surface area contributed by atoms with Gasteiger partial charge in [-0.2, -0.15) is 0 Å². The number of halogens is 2. The van der Waals surface area contributed by atoms with Crippen LogP contribution in [-0.4, -0.2) is 41.1 Å². The molecule has 9 heteroatoms. The zero-order valence-corrected chi connectivity index (χ0v) is 13.0. The number of nitrogens with one attached hydrogen (secondary N) is 2. The summed E-state index contributed by atoms with van der Waals surface area (Å²) >= 11 is 0.911. The SMILES string of the molecule is CCN[C@H](CNC(=O)c1cc2nccc(C(F)F)c2s1)C(=O)O. The molecular formula is C14H15F2N3O3S. The standard InChI is InChI=1S/C14H15F2N3O3S/c1-2-17-9(14(21)22)6-19-13(20)10-5-8-11(23-10)7(12(15)16)3-4-18-8/h3-5,9,12,17H,2,6H2,1H3,(H,19,20)(H,21,22)/t9-/m1/s1. The van der Waals surface area contributed by atoms with Crippen molar-refractivity contribution in [3.05, 3.63) is 28.8 Å². The van der Waals surface area contributed by atoms with Crippen LogP contribution in [-0.2, 0) is 4.79 Å². The largest absolute Gasteiger partial charge is 0.480 e. The van der Waals surface area contributed by atoms with E-state index in [0.29, 0.717) is 12.1 Å². The second kappa shape index (κ2) is 7.42. The van der Waals surface area contributed by atoms with Crippen molar-refractivity contribution in [3.8, 4) is 0 Å². The van der Waals surface area contributed by atoms with Gasteiger partial charge >= 0.3 is 5.97 Å². The number of carboxylic acid groups (broad SMARTS) is 1. The molecule has 1 atom stereocenters. The van der Waals surface area contributed by atoms with Crippen molar-refractivity contribution in [2.45, 2.75) is 19.4 Å². The minimum atomic E-state index is -2.65. The van der Waals surface area contributed by atoms with Gasteiger partial charge in [0.25, 0.3) is 12.3 Å². The Bertz CT molecular complexity index is 720. The molecule has 0 spiro atoms. The number of fused-ring (bicyclic) bond motifs is 1. The van der Waals surface area contributed by atoms with Crippen molar-refractivity contribution in [2.24, 2.45) is 0 Å². The van der Waals surface area contributed by atoms with Crippen molar-refractivity contribution in [3.63, 3.8) is 0 Å². The first-order valence-electron chi connectivity index (χ1n) is 6.85. The smallest absolute Gasteiger partial charge is 0.322 e. The number of rotatable bonds is 7. The van der Waals surface area contributed by atoms with Gasteiger partial charge in [0.15, 0.2) is 0 Å². The number of amides is 1. The molecule has 0 radical (unpaired) electrons. The average molecular weight is 343 g/mol. The second-order valence-corrected chi connectivity index (χ2v) is 5.74. The Labute approximate surface area is 134 Å². The Morgan fingerprint density at radius 2 is 2.17 bits per heavy atom. The molecule has 1 amide bonds. The van der Waals surface area contributed by atoms with Crippen molar-refractivity contribution in [1.82, 2.24) is 15.6 Å². The molecule has 0 aliphatic heterocycles. The molecule has 0 aliphatic carbocycles. The molecule has 2 heterocycles. The fourth-order valence-corrected chi connectivity index (χ4v) is 3.06. The summed E-state index contributed by atoms with van der Waals surface area (Å²) in [4.78, 5) is 27.3. The number of carbonyl (C=O) groups excluding carboxylic acids is 1. The number of carbonyl (C=O) groups is 2. The van der Waals surface area contributed by atoms with E-state index >= 15 is 0 Å². The van der Waals surface area contributed by atoms with Gasteiger partial charge in [0.1, 0.15) is 6.04 Å². The van der Waals surface area contributed by atoms with Crippen LogP contribution in [0.5, 0.6) is 0 Å². The molecule has 2 aromatic heterocycles. The molecule has 6 nitrogen and oxygen atoms in total. The van der Waals surface area contributed by atoms with E-state index in [1.165, 1.54) is 18.3 Å². The van der Waals surface area contributed by atoms with E-state index in [-0.39, 0.29) is 21.7 Å². The molecule has 0 fully saturated rings. The number of alkyl halides is 2. The number of likely N-dealkylation sites (N-methyl/N-ethyl adjacent to an activating group) is 1. The quantitative estimate of drug-likeness (QED) is 0.715. The fourth-order valence-electron chi connectivity index (χ4n) is 2.02. The number of pyridine rings is 1. The molecular weight excluding hydrogens is 328 g/mol. The van der Waals surface area contributed by atoms with Gasteiger partial charge in [0.2, 0.25) is 0 Å². The average Bonchev–Trinajstić information content (AvgIpc) is 2.94. The van der Waals surface area contributed by atoms with Crippen LogP contribution >= 0.6 is 11.3 Å². The first-order chi connectivity index (χ1) is 10.9. The maximum Gasteiger partial charge on any atom is 0.322 e. The normalized spacial score (nSPS) is 12.5. The number of hydrogen-bond donors (Lipinski definition) is 3. The molecule has 0 saturated heterocycles. The Morgan fingerprint density at radius 3 is 2.78 bits per heavy atom. The number of carboxylic acids is 1. The van der Waals surface area contributed by atoms with Crippen LogP contribution in [0.25, 0.3) is 10.2 Å². The van der Waals surface area contributed by atoms with E-state index in [1.54, 1.807) is 6.92 Å². The first kappa shape index (κ1) is 17.2. The maximum absolute atomic E-state index is 12.9. The van der Waals surface area contributed by atoms with Crippen LogP contribution in [0, 0.1) is 0 Å². The predicted octanol–water partition coefficient (Wildman–Crippen LogP) is 2.03. The summed E-state index contributed by atoms with van der Waals surface area (Å²) in [5, 5.41) is 14.2. The monoisotopic (exact) mass is 343 g/mol. The van der Waals surface area contributed by atoms with E-state index < -0.39 is 24.3 Å². The minimum Gasteiger partial charge on any atom is -0.480 e. The van der Waals surface area contributed by atoms with Crippen LogP contribution < -0.4 is 10.6 Å². The van der Waals surface area contributed by atoms with Crippen molar-refractivity contribution in [2.75, 3.05) is 13.1 Å². The number of aromatic nitrogens is 1. The third-order valence-electron chi connectivity index (χ3n) is 3.12. The number of thiophene rings is 1. The lowest BCUT2D eigenvalue weighted by Gasteiger charge is -2.13. The topological polar surface area (TPSA) is 91.3 Å². The molecule has 2 aromatic rings. The summed E-state index contributed by atoms with van der Waals surface area (Å²) in [6.45, 7) is 2.09. The van der Waals surface area contributed by atoms with E-state index in [0.717, 1.165) is 11.3 Å². The van der Waals surface area contributed by atoms with E-state index in [1.807, 2.05) is 0 Å². The number of nitrogens with zero attached hydrogens (tertiary/aromatic N) is 1. The second-order valence-electron chi connectivity index (χ2n) is 4.68. The Balaban J connectivity index is 2.15. The van der Waals surface area contributed by atoms with Gasteiger partial charge in [-0.25, -0.2) is 8.78 Å². The number of hydrogen-bond acceptors (Lipinski definition) is 5. The van der Waals surface area contributed by atoms with Crippen LogP contribution in [0.2, 0.25) is 0 Å². The van der Waals surface area contributed by atoms with Gasteiger partial charge in [0.05, 0.1) is 15.1 Å². The highest BCUT2D eigenvalue weighted by atomic mass is 32.1. The van der Waals surface area contributed by atoms with Crippen molar-refractivity contribution in [1.29, 1.82) is 0 Å². The Morgan fingerprint density at radius 1 is 1.43 bits per heavy atom. The highest BCUT2D eigenvalue weighted by Crippen LogP contribution is 2.32. The molecule has 23 heavy (non-hydrogen) atoms. The van der Waals surface area contributed by atoms with Crippen LogP contribution in [0.15, 0.2) is 18.3 Å². The molecule has 0 unspecified atom stereocenters. The Kier molecular flexibility index (Phi) is 5.56. The molecule has 124 valence electrons. The minimum absolute atomic E-state index is 0.106. The Hall–Kier alpha value is -2.13. The third-order valence-corrected chi connectivity index (χ3v) is 4.29. The van der Waals surface area contributed by atoms with Gasteiger partial charge in [-0.05, 0) is 18.7 Å². The molecule has 0 aromatic carbocycles. The molecule has 0 bridgehead atoms. The highest BCUT2D eigenvalue weighted by Gasteiger charge is 2.20. The van der Waals surface area contributed by atoms with Crippen LogP contribution in [0.3, 0.4) is 0 Å². The lowest BCUT2D eigenvalue weighted by molar-refractivity contribution is -0.139. The first-order valence-corrected chi connectivity index (χ1v) is 7.66. The third kappa shape index (κ3) is 3.99. The van der Waals surface area contributed by atoms with E-state index in [4.69, 9.17) is 5.11 Å². The van der Waals surface area contributed by atoms with Crippen LogP contribution in [0.4, 0.5) is 8.78 Å². The summed E-state index contributed by atoms with van der Waals surface area (Å²) in [6, 6.07) is 1.73. The highest BCUT2D eigenvalue weighted by molar-refractivity contribution is 7.21. The lowest BCUT2D eigenvalue weighted by atomic mass is 10.2. The van der Waals surface area contributed by atoms with Gasteiger partial charge < -0.3 is 15.7 Å². The summed E-state index contributed by atoms with van der Waals surface area (Å²) in [5.74, 6) is -1.59. The predicted molar refractivity (Wildman–Crippen MR) is 82.0 cm³/mol. The summed E-state index contributed by atoms with van der Waals surface area (Å²) in [6.07, 6.45) is -1.38. The van der Waals surface area contributed by atoms with Gasteiger partial charge in [-0.15, -0.1) is 11.3 Å². The summed E-state index contributed by atoms with van der Waals surface area (Å²) < 4.78 is 26.1. The van der Waals surface area contributed by atoms with Crippen LogP contribution in [0.1, 0.15) is 28.6 Å². The zero-order chi connectivity index (χ0) is 17.0. The van der Waals surface area contributed by atoms with Gasteiger partial charge in [0, 0.05) is 18.3 Å². The van der Waals surface area contributed by atoms with E-state index in [9.17, 15) is 18.4 Å². The van der Waals surface area contributed by atoms with Gasteiger partial charge in [-0.1, -0.05) is 6.92 Å². The number of aliphatic carboxylic acids is 1. The van der Waals surface area contributed by atoms with Crippen molar-refractivity contribution >= 4 is 33.4 Å². The maximum atomic E-state index is 12.9. The molecule has 0 aliphatic rings. The lowest BCUT2D eigenvalue weighted by Crippen LogP contribution is -2.45.